The van der Waals surface area contributed by atoms with Crippen molar-refractivity contribution in [1.29, 1.82) is 0 Å². The molecule has 0 aliphatic carbocycles. The summed E-state index contributed by atoms with van der Waals surface area (Å²) >= 11 is 0. The minimum Gasteiger partial charge on any atom is -0.492 e. The maximum absolute atomic E-state index is 5.93. The first-order valence-electron chi connectivity index (χ1n) is 13.5. The Hall–Kier alpha value is -4.37. The molecule has 9 nitrogen and oxygen atoms in total. The molecule has 1 aliphatic rings. The maximum atomic E-state index is 5.93. The van der Waals surface area contributed by atoms with Crippen LogP contribution in [-0.4, -0.2) is 55.5 Å². The summed E-state index contributed by atoms with van der Waals surface area (Å²) < 4.78 is 9.72. The second kappa shape index (κ2) is 11.2. The molecule has 200 valence electrons. The molecule has 5 aromatic rings. The fourth-order valence-corrected chi connectivity index (χ4v) is 5.05. The Bertz CT molecular complexity index is 1550. The zero-order chi connectivity index (χ0) is 26.6. The molecule has 1 saturated heterocycles. The molecule has 4 heterocycles. The smallest absolute Gasteiger partial charge is 0.247 e. The fourth-order valence-electron chi connectivity index (χ4n) is 5.05. The van der Waals surface area contributed by atoms with Crippen molar-refractivity contribution in [3.8, 4) is 17.0 Å². The number of fused-ring (bicyclic) bond motifs is 1. The van der Waals surface area contributed by atoms with Gasteiger partial charge in [0.25, 0.3) is 0 Å². The van der Waals surface area contributed by atoms with Crippen LogP contribution in [0.25, 0.3) is 16.9 Å². The predicted octanol–water partition coefficient (Wildman–Crippen LogP) is 5.27. The first kappa shape index (κ1) is 24.9. The van der Waals surface area contributed by atoms with Gasteiger partial charge in [-0.05, 0) is 87.5 Å². The lowest BCUT2D eigenvalue weighted by atomic mass is 10.1. The molecule has 2 aromatic carbocycles. The summed E-state index contributed by atoms with van der Waals surface area (Å²) in [5.41, 5.74) is 6.89. The van der Waals surface area contributed by atoms with Gasteiger partial charge >= 0.3 is 0 Å². The first-order valence-corrected chi connectivity index (χ1v) is 13.5. The van der Waals surface area contributed by atoms with Crippen molar-refractivity contribution in [2.75, 3.05) is 36.9 Å². The highest BCUT2D eigenvalue weighted by Crippen LogP contribution is 2.25. The van der Waals surface area contributed by atoms with E-state index in [4.69, 9.17) is 14.8 Å². The van der Waals surface area contributed by atoms with E-state index in [0.717, 1.165) is 52.0 Å². The van der Waals surface area contributed by atoms with Crippen molar-refractivity contribution in [1.82, 2.24) is 29.3 Å². The Morgan fingerprint density at radius 1 is 0.897 bits per heavy atom. The molecule has 0 spiro atoms. The normalized spacial score (nSPS) is 13.7. The minimum absolute atomic E-state index is 0.547. The van der Waals surface area contributed by atoms with Gasteiger partial charge in [-0.1, -0.05) is 18.2 Å². The average molecular weight is 523 g/mol. The first-order chi connectivity index (χ1) is 19.1. The van der Waals surface area contributed by atoms with Gasteiger partial charge in [-0.2, -0.15) is 10.1 Å². The number of nitrogens with one attached hydrogen (secondary N) is 2. The summed E-state index contributed by atoms with van der Waals surface area (Å²) in [4.78, 5) is 7.15. The van der Waals surface area contributed by atoms with Gasteiger partial charge in [0.1, 0.15) is 12.4 Å². The van der Waals surface area contributed by atoms with Gasteiger partial charge in [0.15, 0.2) is 5.65 Å². The number of likely N-dealkylation sites (tertiary alicyclic amines) is 1. The van der Waals surface area contributed by atoms with E-state index >= 15 is 0 Å². The number of aryl methyl sites for hydroxylation is 2. The molecule has 1 aliphatic heterocycles. The van der Waals surface area contributed by atoms with E-state index in [0.29, 0.717) is 19.1 Å². The van der Waals surface area contributed by atoms with Crippen molar-refractivity contribution < 1.29 is 4.74 Å². The Labute approximate surface area is 228 Å². The summed E-state index contributed by atoms with van der Waals surface area (Å²) in [6.45, 7) is 6.78. The molecular formula is C30H34N8O. The molecule has 0 atom stereocenters. The second-order valence-electron chi connectivity index (χ2n) is 10.00. The summed E-state index contributed by atoms with van der Waals surface area (Å²) in [5.74, 6) is 1.42. The van der Waals surface area contributed by atoms with E-state index in [9.17, 15) is 0 Å². The standard InChI is InChI=1S/C30H34N8O/c1-22-19-26(36(2)34-22)21-31-25-8-5-7-23(20-25)28-9-6-10-29-33-30(35-38(28)29)32-24-11-13-27(14-12-24)39-18-17-37-15-3-4-16-37/h5-14,19-20,31H,3-4,15-18,21H2,1-2H3,(H,32,35). The van der Waals surface area contributed by atoms with E-state index in [-0.39, 0.29) is 0 Å². The molecule has 0 bridgehead atoms. The van der Waals surface area contributed by atoms with Crippen LogP contribution in [0.4, 0.5) is 17.3 Å². The zero-order valence-electron chi connectivity index (χ0n) is 22.5. The van der Waals surface area contributed by atoms with Crippen LogP contribution in [0.15, 0.2) is 72.8 Å². The minimum atomic E-state index is 0.547. The van der Waals surface area contributed by atoms with E-state index in [1.165, 1.54) is 25.9 Å². The largest absolute Gasteiger partial charge is 0.492 e. The predicted molar refractivity (Wildman–Crippen MR) is 155 cm³/mol. The molecule has 0 radical (unpaired) electrons. The van der Waals surface area contributed by atoms with Gasteiger partial charge in [-0.25, -0.2) is 4.52 Å². The summed E-state index contributed by atoms with van der Waals surface area (Å²) in [5, 5.41) is 16.0. The number of aromatic nitrogens is 5. The summed E-state index contributed by atoms with van der Waals surface area (Å²) in [7, 11) is 1.97. The van der Waals surface area contributed by atoms with Crippen molar-refractivity contribution >= 4 is 23.0 Å². The zero-order valence-corrected chi connectivity index (χ0v) is 22.5. The van der Waals surface area contributed by atoms with Crippen LogP contribution in [0.1, 0.15) is 24.2 Å². The number of rotatable bonds is 10. The van der Waals surface area contributed by atoms with Gasteiger partial charge in [-0.15, -0.1) is 5.10 Å². The van der Waals surface area contributed by atoms with E-state index in [1.54, 1.807) is 0 Å². The van der Waals surface area contributed by atoms with Crippen molar-refractivity contribution in [2.45, 2.75) is 26.3 Å². The second-order valence-corrected chi connectivity index (χ2v) is 10.00. The van der Waals surface area contributed by atoms with Crippen molar-refractivity contribution in [3.63, 3.8) is 0 Å². The van der Waals surface area contributed by atoms with E-state index in [1.807, 2.05) is 59.6 Å². The Morgan fingerprint density at radius 2 is 1.72 bits per heavy atom. The third kappa shape index (κ3) is 5.88. The average Bonchev–Trinajstić information content (AvgIpc) is 3.68. The molecular weight excluding hydrogens is 488 g/mol. The Kier molecular flexibility index (Phi) is 7.14. The monoisotopic (exact) mass is 522 g/mol. The lowest BCUT2D eigenvalue weighted by Gasteiger charge is -2.15. The maximum Gasteiger partial charge on any atom is 0.247 e. The Balaban J connectivity index is 1.13. The van der Waals surface area contributed by atoms with Crippen LogP contribution in [0.5, 0.6) is 5.75 Å². The molecule has 3 aromatic heterocycles. The van der Waals surface area contributed by atoms with Crippen LogP contribution >= 0.6 is 0 Å². The van der Waals surface area contributed by atoms with Crippen LogP contribution in [0.2, 0.25) is 0 Å². The molecule has 0 amide bonds. The quantitative estimate of drug-likeness (QED) is 0.259. The number of benzene rings is 2. The van der Waals surface area contributed by atoms with Crippen molar-refractivity contribution in [3.05, 3.63) is 84.2 Å². The van der Waals surface area contributed by atoms with Crippen LogP contribution in [0, 0.1) is 6.92 Å². The van der Waals surface area contributed by atoms with Gasteiger partial charge in [-0.3, -0.25) is 9.58 Å². The van der Waals surface area contributed by atoms with Crippen LogP contribution in [0.3, 0.4) is 0 Å². The molecule has 1 fully saturated rings. The molecule has 2 N–H and O–H groups in total. The molecule has 0 saturated carbocycles. The number of hydrogen-bond donors (Lipinski definition) is 2. The van der Waals surface area contributed by atoms with Crippen LogP contribution < -0.4 is 15.4 Å². The fraction of sp³-hybridized carbons (Fsp3) is 0.300. The lowest BCUT2D eigenvalue weighted by Crippen LogP contribution is -2.25. The van der Waals surface area contributed by atoms with Gasteiger partial charge in [0.2, 0.25) is 5.95 Å². The van der Waals surface area contributed by atoms with Gasteiger partial charge in [0.05, 0.1) is 23.6 Å². The highest BCUT2D eigenvalue weighted by Gasteiger charge is 2.12. The van der Waals surface area contributed by atoms with Crippen LogP contribution in [-0.2, 0) is 13.6 Å². The van der Waals surface area contributed by atoms with E-state index < -0.39 is 0 Å². The third-order valence-corrected chi connectivity index (χ3v) is 7.08. The SMILES string of the molecule is Cc1cc(CNc2cccc(-c3cccc4nc(Nc5ccc(OCCN6CCCC6)cc5)nn34)c2)n(C)n1. The topological polar surface area (TPSA) is 84.5 Å². The highest BCUT2D eigenvalue weighted by atomic mass is 16.5. The van der Waals surface area contributed by atoms with Gasteiger partial charge in [0, 0.05) is 30.5 Å². The molecule has 39 heavy (non-hydrogen) atoms. The number of nitrogens with zero attached hydrogens (tertiary/aromatic N) is 6. The lowest BCUT2D eigenvalue weighted by molar-refractivity contribution is 0.238. The Morgan fingerprint density at radius 3 is 2.51 bits per heavy atom. The van der Waals surface area contributed by atoms with Crippen molar-refractivity contribution in [2.24, 2.45) is 7.05 Å². The van der Waals surface area contributed by atoms with E-state index in [2.05, 4.69) is 57.0 Å². The van der Waals surface area contributed by atoms with Gasteiger partial charge < -0.3 is 15.4 Å². The highest BCUT2D eigenvalue weighted by molar-refractivity contribution is 5.68. The molecule has 0 unspecified atom stereocenters. The molecule has 6 rings (SSSR count). The third-order valence-electron chi connectivity index (χ3n) is 7.08. The summed E-state index contributed by atoms with van der Waals surface area (Å²) in [6, 6.07) is 24.4. The number of ether oxygens (including phenoxy) is 1. The number of pyridine rings is 1. The molecule has 9 heteroatoms. The number of anilines is 3. The number of hydrogen-bond acceptors (Lipinski definition) is 7. The summed E-state index contributed by atoms with van der Waals surface area (Å²) in [6.07, 6.45) is 2.60.